The highest BCUT2D eigenvalue weighted by Gasteiger charge is 2.32. The first-order chi connectivity index (χ1) is 6.21. The van der Waals surface area contributed by atoms with Gasteiger partial charge in [0.2, 0.25) is 0 Å². The van der Waals surface area contributed by atoms with Crippen LogP contribution in [-0.4, -0.2) is 13.2 Å². The van der Waals surface area contributed by atoms with E-state index in [1.165, 1.54) is 0 Å². The fourth-order valence-corrected chi connectivity index (χ4v) is 1.56. The van der Waals surface area contributed by atoms with Gasteiger partial charge in [0.25, 0.3) is 0 Å². The maximum absolute atomic E-state index is 5.78. The van der Waals surface area contributed by atoms with Crippen LogP contribution in [0.2, 0.25) is 5.02 Å². The van der Waals surface area contributed by atoms with Gasteiger partial charge in [-0.3, -0.25) is 0 Å². The Morgan fingerprint density at radius 1 is 1.15 bits per heavy atom. The lowest BCUT2D eigenvalue weighted by molar-refractivity contribution is -0.149. The van der Waals surface area contributed by atoms with Crippen LogP contribution in [0.3, 0.4) is 0 Å². The van der Waals surface area contributed by atoms with Crippen LogP contribution < -0.4 is 0 Å². The Hall–Kier alpha value is -0.570. The molecule has 0 radical (unpaired) electrons. The summed E-state index contributed by atoms with van der Waals surface area (Å²) in [6, 6.07) is 7.53. The van der Waals surface area contributed by atoms with Gasteiger partial charge in [-0.1, -0.05) is 23.7 Å². The molecular weight excluding hydrogens is 188 g/mol. The highest BCUT2D eigenvalue weighted by Crippen LogP contribution is 2.31. The van der Waals surface area contributed by atoms with Crippen LogP contribution in [0.1, 0.15) is 12.5 Å². The Morgan fingerprint density at radius 2 is 1.69 bits per heavy atom. The molecule has 0 atom stereocenters. The molecule has 1 aromatic rings. The standard InChI is InChI=1S/C10H11ClO2/c1-10(12-6-7-13-10)8-2-4-9(11)5-3-8/h2-5H,6-7H2,1H3. The molecule has 2 nitrogen and oxygen atoms in total. The molecule has 1 aliphatic heterocycles. The molecule has 1 fully saturated rings. The van der Waals surface area contributed by atoms with Crippen molar-refractivity contribution in [3.05, 3.63) is 34.9 Å². The summed E-state index contributed by atoms with van der Waals surface area (Å²) in [7, 11) is 0. The van der Waals surface area contributed by atoms with E-state index < -0.39 is 5.79 Å². The zero-order valence-corrected chi connectivity index (χ0v) is 8.17. The number of halogens is 1. The van der Waals surface area contributed by atoms with Crippen molar-refractivity contribution in [2.45, 2.75) is 12.7 Å². The normalized spacial score (nSPS) is 20.5. The first-order valence-corrected chi connectivity index (χ1v) is 4.62. The predicted octanol–water partition coefficient (Wildman–Crippen LogP) is 2.56. The average molecular weight is 199 g/mol. The first kappa shape index (κ1) is 9.00. The van der Waals surface area contributed by atoms with Crippen LogP contribution in [0.15, 0.2) is 24.3 Å². The summed E-state index contributed by atoms with van der Waals surface area (Å²) in [5.41, 5.74) is 1.01. The van der Waals surface area contributed by atoms with E-state index in [0.29, 0.717) is 13.2 Å². The maximum atomic E-state index is 5.78. The summed E-state index contributed by atoms with van der Waals surface area (Å²) in [6.07, 6.45) is 0. The first-order valence-electron chi connectivity index (χ1n) is 4.25. The summed E-state index contributed by atoms with van der Waals surface area (Å²) < 4.78 is 11.0. The van der Waals surface area contributed by atoms with E-state index in [-0.39, 0.29) is 0 Å². The highest BCUT2D eigenvalue weighted by atomic mass is 35.5. The molecule has 0 aromatic heterocycles. The molecule has 3 heteroatoms. The van der Waals surface area contributed by atoms with Gasteiger partial charge in [-0.2, -0.15) is 0 Å². The third kappa shape index (κ3) is 1.70. The molecule has 0 spiro atoms. The van der Waals surface area contributed by atoms with Gasteiger partial charge in [-0.05, 0) is 19.1 Å². The Labute approximate surface area is 82.4 Å². The second kappa shape index (κ2) is 3.29. The van der Waals surface area contributed by atoms with Gasteiger partial charge in [0.1, 0.15) is 0 Å². The number of hydrogen-bond donors (Lipinski definition) is 0. The topological polar surface area (TPSA) is 18.5 Å². The molecule has 2 rings (SSSR count). The number of ether oxygens (including phenoxy) is 2. The summed E-state index contributed by atoms with van der Waals surface area (Å²) in [4.78, 5) is 0. The van der Waals surface area contributed by atoms with E-state index in [1.807, 2.05) is 31.2 Å². The molecule has 0 saturated carbocycles. The molecular formula is C10H11ClO2. The zero-order chi connectivity index (χ0) is 9.31. The van der Waals surface area contributed by atoms with Crippen LogP contribution in [0.5, 0.6) is 0 Å². The van der Waals surface area contributed by atoms with Gasteiger partial charge in [-0.25, -0.2) is 0 Å². The maximum Gasteiger partial charge on any atom is 0.192 e. The van der Waals surface area contributed by atoms with E-state index in [4.69, 9.17) is 21.1 Å². The third-order valence-corrected chi connectivity index (χ3v) is 2.46. The Balaban J connectivity index is 2.29. The Bertz CT molecular complexity index is 288. The molecule has 0 N–H and O–H groups in total. The van der Waals surface area contributed by atoms with Gasteiger partial charge in [0.05, 0.1) is 13.2 Å². The average Bonchev–Trinajstić information content (AvgIpc) is 2.54. The van der Waals surface area contributed by atoms with Crippen LogP contribution in [0.4, 0.5) is 0 Å². The Kier molecular flexibility index (Phi) is 2.28. The lowest BCUT2D eigenvalue weighted by Crippen LogP contribution is -2.21. The van der Waals surface area contributed by atoms with E-state index in [1.54, 1.807) is 0 Å². The van der Waals surface area contributed by atoms with Crippen molar-refractivity contribution in [3.63, 3.8) is 0 Å². The summed E-state index contributed by atoms with van der Waals surface area (Å²) in [6.45, 7) is 3.22. The van der Waals surface area contributed by atoms with Crippen molar-refractivity contribution in [1.29, 1.82) is 0 Å². The molecule has 1 aliphatic rings. The van der Waals surface area contributed by atoms with Crippen LogP contribution in [0, 0.1) is 0 Å². The predicted molar refractivity (Wildman–Crippen MR) is 50.7 cm³/mol. The Morgan fingerprint density at radius 3 is 2.23 bits per heavy atom. The molecule has 0 unspecified atom stereocenters. The second-order valence-corrected chi connectivity index (χ2v) is 3.59. The van der Waals surface area contributed by atoms with Gasteiger partial charge < -0.3 is 9.47 Å². The molecule has 1 aromatic carbocycles. The van der Waals surface area contributed by atoms with Crippen molar-refractivity contribution in [1.82, 2.24) is 0 Å². The van der Waals surface area contributed by atoms with Crippen LogP contribution >= 0.6 is 11.6 Å². The minimum absolute atomic E-state index is 0.579. The van der Waals surface area contributed by atoms with Crippen molar-refractivity contribution in [2.75, 3.05) is 13.2 Å². The van der Waals surface area contributed by atoms with Crippen LogP contribution in [0.25, 0.3) is 0 Å². The van der Waals surface area contributed by atoms with Crippen molar-refractivity contribution >= 4 is 11.6 Å². The smallest absolute Gasteiger partial charge is 0.192 e. The molecule has 0 aliphatic carbocycles. The number of rotatable bonds is 1. The van der Waals surface area contributed by atoms with Gasteiger partial charge in [0, 0.05) is 10.6 Å². The third-order valence-electron chi connectivity index (χ3n) is 2.21. The van der Waals surface area contributed by atoms with Gasteiger partial charge in [0.15, 0.2) is 5.79 Å². The fourth-order valence-electron chi connectivity index (χ4n) is 1.43. The lowest BCUT2D eigenvalue weighted by atomic mass is 10.1. The van der Waals surface area contributed by atoms with Crippen molar-refractivity contribution in [2.24, 2.45) is 0 Å². The molecule has 0 amide bonds. The van der Waals surface area contributed by atoms with Crippen LogP contribution in [-0.2, 0) is 15.3 Å². The molecule has 0 bridgehead atoms. The lowest BCUT2D eigenvalue weighted by Gasteiger charge is -2.22. The molecule has 1 saturated heterocycles. The number of hydrogen-bond acceptors (Lipinski definition) is 2. The van der Waals surface area contributed by atoms with E-state index >= 15 is 0 Å². The van der Waals surface area contributed by atoms with E-state index in [0.717, 1.165) is 10.6 Å². The van der Waals surface area contributed by atoms with Gasteiger partial charge in [-0.15, -0.1) is 0 Å². The molecule has 13 heavy (non-hydrogen) atoms. The molecule has 1 heterocycles. The van der Waals surface area contributed by atoms with E-state index in [2.05, 4.69) is 0 Å². The minimum atomic E-state index is -0.579. The highest BCUT2D eigenvalue weighted by molar-refractivity contribution is 6.30. The van der Waals surface area contributed by atoms with Gasteiger partial charge >= 0.3 is 0 Å². The van der Waals surface area contributed by atoms with E-state index in [9.17, 15) is 0 Å². The summed E-state index contributed by atoms with van der Waals surface area (Å²) in [5, 5.41) is 0.727. The fraction of sp³-hybridized carbons (Fsp3) is 0.400. The quantitative estimate of drug-likeness (QED) is 0.691. The largest absolute Gasteiger partial charge is 0.344 e. The monoisotopic (exact) mass is 198 g/mol. The van der Waals surface area contributed by atoms with Crippen molar-refractivity contribution < 1.29 is 9.47 Å². The van der Waals surface area contributed by atoms with Crippen molar-refractivity contribution in [3.8, 4) is 0 Å². The SMILES string of the molecule is CC1(c2ccc(Cl)cc2)OCCO1. The number of benzene rings is 1. The summed E-state index contributed by atoms with van der Waals surface area (Å²) >= 11 is 5.78. The summed E-state index contributed by atoms with van der Waals surface area (Å²) in [5.74, 6) is -0.579. The zero-order valence-electron chi connectivity index (χ0n) is 7.42. The second-order valence-electron chi connectivity index (χ2n) is 3.15. The molecule has 70 valence electrons. The minimum Gasteiger partial charge on any atom is -0.344 e.